The van der Waals surface area contributed by atoms with E-state index in [-0.39, 0.29) is 0 Å². The van der Waals surface area contributed by atoms with Gasteiger partial charge in [0.15, 0.2) is 0 Å². The quantitative estimate of drug-likeness (QED) is 0.691. The van der Waals surface area contributed by atoms with Gasteiger partial charge in [-0.1, -0.05) is 23.2 Å². The highest BCUT2D eigenvalue weighted by Gasteiger charge is 2.08. The van der Waals surface area contributed by atoms with Gasteiger partial charge in [0.25, 0.3) is 0 Å². The molecule has 1 heterocycles. The predicted octanol–water partition coefficient (Wildman–Crippen LogP) is 4.04. The van der Waals surface area contributed by atoms with E-state index < -0.39 is 0 Å². The van der Waals surface area contributed by atoms with Crippen LogP contribution in [0.25, 0.3) is 10.9 Å². The standard InChI is InChI=1S/C8H3BrCl2N/c9-7-5(10)3-6-4(8(7)11)1-2-12-6/h2-3,12H. The molecular formula is C8H3BrCl2N. The van der Waals surface area contributed by atoms with Crippen LogP contribution >= 0.6 is 39.1 Å². The molecule has 1 nitrogen and oxygen atoms in total. The lowest BCUT2D eigenvalue weighted by Gasteiger charge is -1.99. The normalized spacial score (nSPS) is 10.9. The number of halogens is 3. The van der Waals surface area contributed by atoms with Crippen LogP contribution in [0.1, 0.15) is 0 Å². The second-order valence-electron chi connectivity index (χ2n) is 2.34. The molecule has 0 amide bonds. The van der Waals surface area contributed by atoms with Crippen LogP contribution in [0, 0.1) is 6.07 Å². The Hall–Kier alpha value is -0.180. The molecule has 0 saturated carbocycles. The van der Waals surface area contributed by atoms with Crippen LogP contribution in [0.3, 0.4) is 0 Å². The minimum atomic E-state index is 0.596. The molecule has 61 valence electrons. The Morgan fingerprint density at radius 1 is 1.42 bits per heavy atom. The first kappa shape index (κ1) is 8.42. The van der Waals surface area contributed by atoms with Crippen LogP contribution in [-0.2, 0) is 0 Å². The van der Waals surface area contributed by atoms with E-state index in [9.17, 15) is 0 Å². The highest BCUT2D eigenvalue weighted by atomic mass is 79.9. The molecule has 1 N–H and O–H groups in total. The lowest BCUT2D eigenvalue weighted by Crippen LogP contribution is -1.74. The molecule has 0 unspecified atom stereocenters. The van der Waals surface area contributed by atoms with Gasteiger partial charge in [0.05, 0.1) is 14.5 Å². The van der Waals surface area contributed by atoms with E-state index in [0.717, 1.165) is 10.9 Å². The molecule has 0 aliphatic heterocycles. The number of fused-ring (bicyclic) bond motifs is 1. The molecule has 1 radical (unpaired) electrons. The Kier molecular flexibility index (Phi) is 2.07. The zero-order chi connectivity index (χ0) is 8.72. The van der Waals surface area contributed by atoms with Crippen molar-refractivity contribution in [2.24, 2.45) is 0 Å². The number of nitrogens with one attached hydrogen (secondary N) is 1. The van der Waals surface area contributed by atoms with E-state index in [4.69, 9.17) is 23.2 Å². The Labute approximate surface area is 87.8 Å². The van der Waals surface area contributed by atoms with Crippen molar-refractivity contribution >= 4 is 50.0 Å². The number of benzene rings is 1. The summed E-state index contributed by atoms with van der Waals surface area (Å²) in [6.45, 7) is 0. The second-order valence-corrected chi connectivity index (χ2v) is 3.92. The van der Waals surface area contributed by atoms with E-state index in [1.54, 1.807) is 6.20 Å². The monoisotopic (exact) mass is 262 g/mol. The van der Waals surface area contributed by atoms with Crippen LogP contribution in [0.4, 0.5) is 0 Å². The summed E-state index contributed by atoms with van der Waals surface area (Å²) in [6.07, 6.45) is 1.71. The van der Waals surface area contributed by atoms with Gasteiger partial charge in [0.1, 0.15) is 0 Å². The van der Waals surface area contributed by atoms with Gasteiger partial charge in [-0.2, -0.15) is 0 Å². The number of hydrogen-bond acceptors (Lipinski definition) is 0. The highest BCUT2D eigenvalue weighted by Crippen LogP contribution is 2.36. The minimum absolute atomic E-state index is 0.596. The third-order valence-electron chi connectivity index (χ3n) is 1.61. The first-order chi connectivity index (χ1) is 5.70. The van der Waals surface area contributed by atoms with E-state index in [1.165, 1.54) is 0 Å². The Bertz CT molecular complexity index is 436. The third kappa shape index (κ3) is 1.15. The van der Waals surface area contributed by atoms with Crippen molar-refractivity contribution in [3.8, 4) is 0 Å². The molecule has 1 aromatic heterocycles. The van der Waals surface area contributed by atoms with Crippen molar-refractivity contribution < 1.29 is 0 Å². The van der Waals surface area contributed by atoms with Gasteiger partial charge in [-0.05, 0) is 22.0 Å². The molecule has 0 aliphatic rings. The number of rotatable bonds is 0. The van der Waals surface area contributed by atoms with Gasteiger partial charge < -0.3 is 4.98 Å². The zero-order valence-electron chi connectivity index (χ0n) is 5.79. The average molecular weight is 264 g/mol. The largest absolute Gasteiger partial charge is 0.360 e. The molecular weight excluding hydrogens is 261 g/mol. The first-order valence-electron chi connectivity index (χ1n) is 3.22. The van der Waals surface area contributed by atoms with Crippen molar-refractivity contribution in [1.82, 2.24) is 4.98 Å². The maximum Gasteiger partial charge on any atom is 0.0663 e. The maximum absolute atomic E-state index is 5.99. The van der Waals surface area contributed by atoms with E-state index in [0.29, 0.717) is 14.5 Å². The number of hydrogen-bond donors (Lipinski definition) is 1. The summed E-state index contributed by atoms with van der Waals surface area (Å²) < 4.78 is 0.717. The van der Waals surface area contributed by atoms with Crippen molar-refractivity contribution in [2.45, 2.75) is 0 Å². The van der Waals surface area contributed by atoms with E-state index >= 15 is 0 Å². The zero-order valence-corrected chi connectivity index (χ0v) is 8.89. The highest BCUT2D eigenvalue weighted by molar-refractivity contribution is 9.10. The Morgan fingerprint density at radius 3 is 2.92 bits per heavy atom. The van der Waals surface area contributed by atoms with E-state index in [1.807, 2.05) is 6.07 Å². The third-order valence-corrected chi connectivity index (χ3v) is 3.56. The molecule has 0 spiro atoms. The molecule has 1 aromatic carbocycles. The van der Waals surface area contributed by atoms with Crippen LogP contribution in [0.15, 0.2) is 16.7 Å². The fourth-order valence-electron chi connectivity index (χ4n) is 1.04. The smallest absolute Gasteiger partial charge is 0.0663 e. The Morgan fingerprint density at radius 2 is 2.17 bits per heavy atom. The molecule has 0 atom stereocenters. The predicted molar refractivity (Wildman–Crippen MR) is 54.9 cm³/mol. The minimum Gasteiger partial charge on any atom is -0.360 e. The number of H-pyrrole nitrogens is 1. The lowest BCUT2D eigenvalue weighted by molar-refractivity contribution is 1.47. The maximum atomic E-state index is 5.99. The lowest BCUT2D eigenvalue weighted by atomic mass is 10.2. The average Bonchev–Trinajstić information content (AvgIpc) is 2.48. The SMILES string of the molecule is Clc1cc2[nH]c[c]c2c(Cl)c1Br. The molecule has 0 aliphatic carbocycles. The summed E-state index contributed by atoms with van der Waals surface area (Å²) in [6, 6.07) is 4.79. The fourth-order valence-corrected chi connectivity index (χ4v) is 1.86. The van der Waals surface area contributed by atoms with Crippen molar-refractivity contribution in [3.05, 3.63) is 32.8 Å². The summed E-state index contributed by atoms with van der Waals surface area (Å²) in [5, 5.41) is 2.05. The van der Waals surface area contributed by atoms with Crippen LogP contribution in [0.2, 0.25) is 10.0 Å². The van der Waals surface area contributed by atoms with Gasteiger partial charge >= 0.3 is 0 Å². The van der Waals surface area contributed by atoms with E-state index in [2.05, 4.69) is 27.0 Å². The molecule has 2 aromatic rings. The van der Waals surface area contributed by atoms with Gasteiger partial charge in [0, 0.05) is 23.2 Å². The van der Waals surface area contributed by atoms with Crippen molar-refractivity contribution in [2.75, 3.05) is 0 Å². The molecule has 2 rings (SSSR count). The fraction of sp³-hybridized carbons (Fsp3) is 0. The van der Waals surface area contributed by atoms with Gasteiger partial charge in [-0.15, -0.1) is 0 Å². The topological polar surface area (TPSA) is 15.8 Å². The van der Waals surface area contributed by atoms with Crippen molar-refractivity contribution in [1.29, 1.82) is 0 Å². The molecule has 0 bridgehead atoms. The number of aromatic amines is 1. The van der Waals surface area contributed by atoms with Crippen molar-refractivity contribution in [3.63, 3.8) is 0 Å². The van der Waals surface area contributed by atoms with Crippen LogP contribution in [-0.4, -0.2) is 4.98 Å². The summed E-state index contributed by atoms with van der Waals surface area (Å²) in [5.41, 5.74) is 0.896. The van der Waals surface area contributed by atoms with Gasteiger partial charge in [-0.25, -0.2) is 0 Å². The summed E-state index contributed by atoms with van der Waals surface area (Å²) in [7, 11) is 0. The van der Waals surface area contributed by atoms with Crippen LogP contribution < -0.4 is 0 Å². The molecule has 0 fully saturated rings. The second kappa shape index (κ2) is 2.95. The molecule has 4 heteroatoms. The Balaban J connectivity index is 2.94. The first-order valence-corrected chi connectivity index (χ1v) is 4.77. The summed E-state index contributed by atoms with van der Waals surface area (Å²) in [5.74, 6) is 0. The summed E-state index contributed by atoms with van der Waals surface area (Å²) >= 11 is 15.2. The summed E-state index contributed by atoms with van der Waals surface area (Å²) in [4.78, 5) is 2.98. The molecule has 0 saturated heterocycles. The number of aromatic nitrogens is 1. The van der Waals surface area contributed by atoms with Gasteiger partial charge in [0.2, 0.25) is 0 Å². The van der Waals surface area contributed by atoms with Gasteiger partial charge in [-0.3, -0.25) is 0 Å². The van der Waals surface area contributed by atoms with Crippen LogP contribution in [0.5, 0.6) is 0 Å². The molecule has 12 heavy (non-hydrogen) atoms.